The minimum Gasteiger partial charge on any atom is -0.480 e. The third-order valence-electron chi connectivity index (χ3n) is 5.28. The minimum absolute atomic E-state index is 0.0855. The summed E-state index contributed by atoms with van der Waals surface area (Å²) in [6.45, 7) is 1.02. The molecule has 0 atom stereocenters. The molecule has 7 nitrogen and oxygen atoms in total. The molecule has 1 saturated heterocycles. The maximum Gasteiger partial charge on any atom is 0.293 e. The molecular formula is C22H18ClN3O4S. The van der Waals surface area contributed by atoms with Gasteiger partial charge in [-0.15, -0.1) is 0 Å². The molecule has 0 aliphatic carbocycles. The van der Waals surface area contributed by atoms with E-state index in [1.165, 1.54) is 0 Å². The summed E-state index contributed by atoms with van der Waals surface area (Å²) >= 11 is 6.36. The van der Waals surface area contributed by atoms with Crippen LogP contribution in [0, 0.1) is 5.92 Å². The fourth-order valence-corrected chi connectivity index (χ4v) is 5.39. The van der Waals surface area contributed by atoms with Crippen molar-refractivity contribution >= 4 is 32.6 Å². The van der Waals surface area contributed by atoms with E-state index in [-0.39, 0.29) is 17.7 Å². The van der Waals surface area contributed by atoms with Gasteiger partial charge in [0.1, 0.15) is 0 Å². The Bertz CT molecular complexity index is 1360. The van der Waals surface area contributed by atoms with E-state index in [0.29, 0.717) is 40.0 Å². The quantitative estimate of drug-likeness (QED) is 0.470. The fourth-order valence-electron chi connectivity index (χ4n) is 3.57. The molecule has 3 heterocycles. The highest BCUT2D eigenvalue weighted by atomic mass is 35.5. The first kappa shape index (κ1) is 20.0. The second kappa shape index (κ2) is 7.64. The number of H-pyrrole nitrogens is 1. The molecule has 1 aliphatic rings. The van der Waals surface area contributed by atoms with E-state index in [4.69, 9.17) is 16.3 Å². The number of fused-ring (bicyclic) bond motifs is 1. The first-order valence-corrected chi connectivity index (χ1v) is 11.7. The van der Waals surface area contributed by atoms with Crippen molar-refractivity contribution in [2.24, 2.45) is 5.92 Å². The van der Waals surface area contributed by atoms with Crippen molar-refractivity contribution in [3.63, 3.8) is 0 Å². The van der Waals surface area contributed by atoms with Gasteiger partial charge in [-0.2, -0.15) is 4.98 Å². The Morgan fingerprint density at radius 1 is 1.00 bits per heavy atom. The molecule has 0 amide bonds. The van der Waals surface area contributed by atoms with Gasteiger partial charge in [-0.3, -0.25) is 0 Å². The molecule has 0 spiro atoms. The largest absolute Gasteiger partial charge is 0.480 e. The zero-order valence-electron chi connectivity index (χ0n) is 16.2. The molecule has 9 heteroatoms. The van der Waals surface area contributed by atoms with Crippen LogP contribution in [0.25, 0.3) is 33.5 Å². The van der Waals surface area contributed by atoms with Crippen LogP contribution < -0.4 is 0 Å². The van der Waals surface area contributed by atoms with E-state index in [2.05, 4.69) is 15.0 Å². The summed E-state index contributed by atoms with van der Waals surface area (Å²) in [5.74, 6) is 0.203. The van der Waals surface area contributed by atoms with Crippen LogP contribution in [0.5, 0.6) is 6.01 Å². The van der Waals surface area contributed by atoms with Crippen LogP contribution in [0.15, 0.2) is 59.5 Å². The Hall–Kier alpha value is -2.94. The second-order valence-corrected chi connectivity index (χ2v) is 9.98. The standard InChI is InChI=1S/C22H18ClN3O4S/c23-18-9-19-21(26-22(27)24-19)25-20(18)16-3-1-14(2-4-16)15-5-7-17(8-6-15)31(28,29)12-13-10-30-11-13/h1-9,13H,10-12H2,(H2,24,25,26,27). The number of nitrogens with zero attached hydrogens (tertiary/aromatic N) is 2. The number of hydrogen-bond acceptors (Lipinski definition) is 6. The second-order valence-electron chi connectivity index (χ2n) is 7.54. The van der Waals surface area contributed by atoms with Crippen molar-refractivity contribution in [2.75, 3.05) is 19.0 Å². The number of aromatic amines is 1. The Kier molecular flexibility index (Phi) is 4.92. The smallest absolute Gasteiger partial charge is 0.293 e. The highest BCUT2D eigenvalue weighted by molar-refractivity contribution is 7.91. The lowest BCUT2D eigenvalue weighted by Crippen LogP contribution is -2.33. The number of pyridine rings is 1. The van der Waals surface area contributed by atoms with Gasteiger partial charge in [-0.25, -0.2) is 13.4 Å². The van der Waals surface area contributed by atoms with E-state index in [1.54, 1.807) is 18.2 Å². The minimum atomic E-state index is -3.31. The molecule has 31 heavy (non-hydrogen) atoms. The lowest BCUT2D eigenvalue weighted by molar-refractivity contribution is -0.0204. The van der Waals surface area contributed by atoms with E-state index in [1.807, 2.05) is 36.4 Å². The third-order valence-corrected chi connectivity index (χ3v) is 7.47. The van der Waals surface area contributed by atoms with E-state index in [0.717, 1.165) is 16.7 Å². The van der Waals surface area contributed by atoms with Crippen LogP contribution in [-0.2, 0) is 14.6 Å². The number of imidazole rings is 1. The summed E-state index contributed by atoms with van der Waals surface area (Å²) in [5, 5.41) is 9.95. The molecule has 158 valence electrons. The molecular weight excluding hydrogens is 438 g/mol. The molecule has 1 aliphatic heterocycles. The number of hydrogen-bond donors (Lipinski definition) is 2. The maximum atomic E-state index is 12.5. The Labute approximate surface area is 183 Å². The summed E-state index contributed by atoms with van der Waals surface area (Å²) in [6, 6.07) is 16.0. The maximum absolute atomic E-state index is 12.5. The van der Waals surface area contributed by atoms with Gasteiger partial charge in [0, 0.05) is 11.5 Å². The van der Waals surface area contributed by atoms with Gasteiger partial charge in [0.2, 0.25) is 0 Å². The zero-order chi connectivity index (χ0) is 21.6. The SMILES string of the molecule is O=S(=O)(CC1COC1)c1ccc(-c2ccc(-c3nc4nc(O)[nH]c4cc3Cl)cc2)cc1. The monoisotopic (exact) mass is 455 g/mol. The van der Waals surface area contributed by atoms with Gasteiger partial charge in [-0.05, 0) is 29.3 Å². The first-order valence-electron chi connectivity index (χ1n) is 9.66. The van der Waals surface area contributed by atoms with E-state index in [9.17, 15) is 13.5 Å². The number of aromatic nitrogens is 3. The van der Waals surface area contributed by atoms with Crippen molar-refractivity contribution in [3.8, 4) is 28.4 Å². The van der Waals surface area contributed by atoms with Crippen molar-refractivity contribution in [1.29, 1.82) is 0 Å². The predicted octanol–water partition coefficient (Wildman–Crippen LogP) is 4.07. The lowest BCUT2D eigenvalue weighted by Gasteiger charge is -2.25. The van der Waals surface area contributed by atoms with E-state index < -0.39 is 9.84 Å². The zero-order valence-corrected chi connectivity index (χ0v) is 17.8. The van der Waals surface area contributed by atoms with Crippen LogP contribution in [-0.4, -0.2) is 47.4 Å². The van der Waals surface area contributed by atoms with Crippen LogP contribution >= 0.6 is 11.6 Å². The summed E-state index contributed by atoms with van der Waals surface area (Å²) < 4.78 is 30.1. The molecule has 2 N–H and O–H groups in total. The topological polar surface area (TPSA) is 105 Å². The summed E-state index contributed by atoms with van der Waals surface area (Å²) in [4.78, 5) is 11.4. The summed E-state index contributed by atoms with van der Waals surface area (Å²) in [6.07, 6.45) is 0. The van der Waals surface area contributed by atoms with Gasteiger partial charge in [0.15, 0.2) is 15.5 Å². The highest BCUT2D eigenvalue weighted by Crippen LogP contribution is 2.31. The molecule has 4 aromatic rings. The number of rotatable bonds is 5. The number of ether oxygens (including phenoxy) is 1. The molecule has 1 fully saturated rings. The average molecular weight is 456 g/mol. The van der Waals surface area contributed by atoms with Crippen molar-refractivity contribution < 1.29 is 18.3 Å². The highest BCUT2D eigenvalue weighted by Gasteiger charge is 2.26. The number of halogens is 1. The number of sulfone groups is 1. The first-order chi connectivity index (χ1) is 14.9. The molecule has 2 aromatic carbocycles. The van der Waals surface area contributed by atoms with Crippen molar-refractivity contribution in [1.82, 2.24) is 15.0 Å². The number of benzene rings is 2. The van der Waals surface area contributed by atoms with Crippen molar-refractivity contribution in [3.05, 3.63) is 59.6 Å². The van der Waals surface area contributed by atoms with Crippen molar-refractivity contribution in [2.45, 2.75) is 4.90 Å². The normalized spacial score (nSPS) is 14.6. The Morgan fingerprint density at radius 3 is 2.23 bits per heavy atom. The van der Waals surface area contributed by atoms with E-state index >= 15 is 0 Å². The Morgan fingerprint density at radius 2 is 1.61 bits per heavy atom. The van der Waals surface area contributed by atoms with Gasteiger partial charge >= 0.3 is 0 Å². The van der Waals surface area contributed by atoms with Crippen LogP contribution in [0.3, 0.4) is 0 Å². The molecule has 2 aromatic heterocycles. The van der Waals surface area contributed by atoms with Gasteiger partial charge in [-0.1, -0.05) is 48.0 Å². The molecule has 0 bridgehead atoms. The van der Waals surface area contributed by atoms with Gasteiger partial charge in [0.05, 0.1) is 40.1 Å². The summed E-state index contributed by atoms with van der Waals surface area (Å²) in [7, 11) is -3.31. The number of aromatic hydroxyl groups is 1. The van der Waals surface area contributed by atoms with Gasteiger partial charge in [0.25, 0.3) is 6.01 Å². The lowest BCUT2D eigenvalue weighted by atomic mass is 10.0. The molecule has 5 rings (SSSR count). The number of nitrogens with one attached hydrogen (secondary N) is 1. The summed E-state index contributed by atoms with van der Waals surface area (Å²) in [5.41, 5.74) is 4.15. The molecule has 0 unspecified atom stereocenters. The van der Waals surface area contributed by atoms with Crippen LogP contribution in [0.4, 0.5) is 0 Å². The molecule has 0 radical (unpaired) electrons. The van der Waals surface area contributed by atoms with Gasteiger partial charge < -0.3 is 14.8 Å². The predicted molar refractivity (Wildman–Crippen MR) is 118 cm³/mol. The van der Waals surface area contributed by atoms with Crippen LogP contribution in [0.1, 0.15) is 0 Å². The molecule has 0 saturated carbocycles. The fraction of sp³-hybridized carbons (Fsp3) is 0.182. The van der Waals surface area contributed by atoms with Crippen LogP contribution in [0.2, 0.25) is 5.02 Å². The third kappa shape index (κ3) is 3.89. The average Bonchev–Trinajstić information content (AvgIpc) is 3.09. The Balaban J connectivity index is 1.39.